The predicted octanol–water partition coefficient (Wildman–Crippen LogP) is 5.69. The summed E-state index contributed by atoms with van der Waals surface area (Å²) in [5.41, 5.74) is 0. The maximum Gasteiger partial charge on any atom is 0.373 e. The minimum absolute atomic E-state index is 0.422. The molecule has 1 aromatic rings. The van der Waals surface area contributed by atoms with Crippen molar-refractivity contribution in [1.29, 1.82) is 0 Å². The normalized spacial score (nSPS) is 12.2. The van der Waals surface area contributed by atoms with Crippen LogP contribution in [0, 0.1) is 0 Å². The molecule has 0 aliphatic heterocycles. The Hall–Kier alpha value is -1.38. The Bertz CT molecular complexity index is 419. The first-order valence-corrected chi connectivity index (χ1v) is 9.94. The number of nitrogens with zero attached hydrogens (tertiary/aromatic N) is 1. The Morgan fingerprint density at radius 2 is 1.25 bits per heavy atom. The van der Waals surface area contributed by atoms with Gasteiger partial charge in [-0.05, 0) is 6.42 Å². The first kappa shape index (κ1) is 20.7. The third-order valence-corrected chi connectivity index (χ3v) is 4.71. The molecule has 3 heteroatoms. The van der Waals surface area contributed by atoms with E-state index in [9.17, 15) is 9.90 Å². The van der Waals surface area contributed by atoms with Crippen molar-refractivity contribution < 1.29 is 14.5 Å². The number of hydrogen-bond donors (Lipinski definition) is 1. The van der Waals surface area contributed by atoms with Crippen LogP contribution in [0.3, 0.4) is 0 Å². The van der Waals surface area contributed by atoms with Gasteiger partial charge in [0.25, 0.3) is 6.04 Å². The first-order chi connectivity index (χ1) is 11.8. The molecular weight excluding hydrogens is 298 g/mol. The number of pyridine rings is 1. The van der Waals surface area contributed by atoms with Crippen LogP contribution in [-0.2, 0) is 4.79 Å². The molecule has 0 aromatic carbocycles. The van der Waals surface area contributed by atoms with E-state index < -0.39 is 12.0 Å². The molecule has 0 aliphatic carbocycles. The quantitative estimate of drug-likeness (QED) is 0.330. The second-order valence-electron chi connectivity index (χ2n) is 6.85. The molecule has 0 saturated heterocycles. The van der Waals surface area contributed by atoms with Gasteiger partial charge in [0.1, 0.15) is 0 Å². The highest BCUT2D eigenvalue weighted by Gasteiger charge is 2.25. The van der Waals surface area contributed by atoms with Crippen LogP contribution in [0.5, 0.6) is 0 Å². The number of unbranched alkanes of at least 4 members (excludes halogenated alkanes) is 11. The van der Waals surface area contributed by atoms with Gasteiger partial charge in [-0.2, -0.15) is 4.57 Å². The maximum atomic E-state index is 11.4. The number of rotatable bonds is 15. The van der Waals surface area contributed by atoms with E-state index in [1.54, 1.807) is 4.57 Å². The minimum Gasteiger partial charge on any atom is -0.476 e. The van der Waals surface area contributed by atoms with E-state index in [-0.39, 0.29) is 0 Å². The molecule has 0 bridgehead atoms. The average Bonchev–Trinajstić information content (AvgIpc) is 2.59. The van der Waals surface area contributed by atoms with E-state index in [1.165, 1.54) is 64.2 Å². The third kappa shape index (κ3) is 9.69. The van der Waals surface area contributed by atoms with Crippen molar-refractivity contribution in [3.63, 3.8) is 0 Å². The van der Waals surface area contributed by atoms with E-state index in [0.717, 1.165) is 19.3 Å². The molecule has 1 aromatic heterocycles. The zero-order valence-electron chi connectivity index (χ0n) is 15.5. The van der Waals surface area contributed by atoms with Crippen molar-refractivity contribution in [1.82, 2.24) is 0 Å². The Morgan fingerprint density at radius 1 is 0.792 bits per heavy atom. The highest BCUT2D eigenvalue weighted by Crippen LogP contribution is 2.14. The maximum absolute atomic E-state index is 11.4. The fourth-order valence-corrected chi connectivity index (χ4v) is 3.20. The van der Waals surface area contributed by atoms with Gasteiger partial charge in [0.15, 0.2) is 12.4 Å². The van der Waals surface area contributed by atoms with E-state index >= 15 is 0 Å². The summed E-state index contributed by atoms with van der Waals surface area (Å²) in [5, 5.41) is 9.38. The van der Waals surface area contributed by atoms with Gasteiger partial charge in [-0.1, -0.05) is 83.6 Å². The lowest BCUT2D eigenvalue weighted by molar-refractivity contribution is -0.711. The fraction of sp³-hybridized carbons (Fsp3) is 0.714. The summed E-state index contributed by atoms with van der Waals surface area (Å²) in [6, 6.07) is 5.27. The van der Waals surface area contributed by atoms with Gasteiger partial charge in [-0.25, -0.2) is 4.79 Å². The number of carbonyl (C=O) groups is 1. The molecule has 1 N–H and O–H groups in total. The van der Waals surface area contributed by atoms with Gasteiger partial charge in [0.05, 0.1) is 0 Å². The van der Waals surface area contributed by atoms with Gasteiger partial charge in [0.2, 0.25) is 0 Å². The molecule has 0 spiro atoms. The minimum atomic E-state index is -0.728. The largest absolute Gasteiger partial charge is 0.476 e. The van der Waals surface area contributed by atoms with Crippen LogP contribution in [-0.4, -0.2) is 11.1 Å². The molecule has 0 amide bonds. The van der Waals surface area contributed by atoms with Gasteiger partial charge < -0.3 is 5.11 Å². The molecule has 0 saturated carbocycles. The number of carboxylic acid groups (broad SMARTS) is 1. The second kappa shape index (κ2) is 14.0. The lowest BCUT2D eigenvalue weighted by Gasteiger charge is -2.07. The van der Waals surface area contributed by atoms with Crippen molar-refractivity contribution >= 4 is 5.97 Å². The zero-order valence-corrected chi connectivity index (χ0v) is 15.5. The Balaban J connectivity index is 2.00. The van der Waals surface area contributed by atoms with Gasteiger partial charge in [-0.3, -0.25) is 0 Å². The molecule has 0 radical (unpaired) electrons. The van der Waals surface area contributed by atoms with E-state index in [0.29, 0.717) is 0 Å². The van der Waals surface area contributed by atoms with Crippen molar-refractivity contribution in [2.45, 2.75) is 96.4 Å². The predicted molar refractivity (Wildman–Crippen MR) is 99.0 cm³/mol. The number of carboxylic acids is 1. The van der Waals surface area contributed by atoms with Crippen LogP contribution >= 0.6 is 0 Å². The van der Waals surface area contributed by atoms with Crippen LogP contribution in [0.25, 0.3) is 0 Å². The van der Waals surface area contributed by atoms with E-state index in [1.807, 2.05) is 30.6 Å². The van der Waals surface area contributed by atoms with E-state index in [4.69, 9.17) is 0 Å². The third-order valence-electron chi connectivity index (χ3n) is 4.71. The molecule has 1 atom stereocenters. The van der Waals surface area contributed by atoms with Crippen molar-refractivity contribution in [2.24, 2.45) is 0 Å². The van der Waals surface area contributed by atoms with Gasteiger partial charge >= 0.3 is 5.97 Å². The SMILES string of the molecule is CCCCCCCCCCCCCC[C@@H](C(=O)O)[n+]1ccccc1. The van der Waals surface area contributed by atoms with Crippen LogP contribution in [0.1, 0.15) is 96.4 Å². The molecule has 136 valence electrons. The standard InChI is InChI=1S/C21H35NO2/c1-2-3-4-5-6-7-8-9-10-11-12-14-17-20(21(23)24)22-18-15-13-16-19-22/h13,15-16,18-20H,2-12,14,17H2,1H3/p+1/t20-/m0/s1. The summed E-state index contributed by atoms with van der Waals surface area (Å²) in [4.78, 5) is 11.4. The Labute approximate surface area is 148 Å². The molecule has 0 aliphatic rings. The van der Waals surface area contributed by atoms with Crippen LogP contribution in [0.4, 0.5) is 0 Å². The van der Waals surface area contributed by atoms with Crippen molar-refractivity contribution in [3.8, 4) is 0 Å². The molecule has 0 fully saturated rings. The lowest BCUT2D eigenvalue weighted by atomic mass is 10.0. The summed E-state index contributed by atoms with van der Waals surface area (Å²) >= 11 is 0. The number of aliphatic carboxylic acids is 1. The van der Waals surface area contributed by atoms with Crippen molar-refractivity contribution in [3.05, 3.63) is 30.6 Å². The molecule has 1 rings (SSSR count). The first-order valence-electron chi connectivity index (χ1n) is 9.94. The van der Waals surface area contributed by atoms with Crippen LogP contribution in [0.15, 0.2) is 30.6 Å². The number of hydrogen-bond acceptors (Lipinski definition) is 1. The highest BCUT2D eigenvalue weighted by molar-refractivity contribution is 5.69. The summed E-state index contributed by atoms with van der Waals surface area (Å²) < 4.78 is 1.81. The number of aromatic nitrogens is 1. The molecular formula is C21H36NO2+. The molecule has 24 heavy (non-hydrogen) atoms. The Morgan fingerprint density at radius 3 is 1.71 bits per heavy atom. The van der Waals surface area contributed by atoms with Gasteiger partial charge in [0, 0.05) is 18.6 Å². The van der Waals surface area contributed by atoms with Gasteiger partial charge in [-0.15, -0.1) is 0 Å². The smallest absolute Gasteiger partial charge is 0.373 e. The van der Waals surface area contributed by atoms with Crippen LogP contribution < -0.4 is 4.57 Å². The lowest BCUT2D eigenvalue weighted by Crippen LogP contribution is -2.43. The average molecular weight is 335 g/mol. The summed E-state index contributed by atoms with van der Waals surface area (Å²) in [7, 11) is 0. The molecule has 0 unspecified atom stereocenters. The molecule has 1 heterocycles. The summed E-state index contributed by atoms with van der Waals surface area (Å²) in [6.07, 6.45) is 20.1. The van der Waals surface area contributed by atoms with E-state index in [2.05, 4.69) is 6.92 Å². The molecule has 3 nitrogen and oxygen atoms in total. The summed E-state index contributed by atoms with van der Waals surface area (Å²) in [5.74, 6) is -0.728. The van der Waals surface area contributed by atoms with Crippen molar-refractivity contribution in [2.75, 3.05) is 0 Å². The monoisotopic (exact) mass is 334 g/mol. The summed E-state index contributed by atoms with van der Waals surface area (Å²) in [6.45, 7) is 2.26. The second-order valence-corrected chi connectivity index (χ2v) is 6.85. The Kier molecular flexibility index (Phi) is 12.1. The fourth-order valence-electron chi connectivity index (χ4n) is 3.20. The topological polar surface area (TPSA) is 41.2 Å². The van der Waals surface area contributed by atoms with Crippen LogP contribution in [0.2, 0.25) is 0 Å². The zero-order chi connectivity index (χ0) is 17.5. The highest BCUT2D eigenvalue weighted by atomic mass is 16.4.